The molecule has 1 atom stereocenters. The fourth-order valence-electron chi connectivity index (χ4n) is 3.61. The van der Waals surface area contributed by atoms with Crippen molar-refractivity contribution < 1.29 is 14.3 Å². The van der Waals surface area contributed by atoms with Crippen molar-refractivity contribution in [3.8, 4) is 0 Å². The van der Waals surface area contributed by atoms with E-state index in [4.69, 9.17) is 4.74 Å². The number of anilines is 1. The molecule has 5 nitrogen and oxygen atoms in total. The van der Waals surface area contributed by atoms with Gasteiger partial charge in [-0.2, -0.15) is 0 Å². The molecule has 0 bridgehead atoms. The number of para-hydroxylation sites is 1. The Labute approximate surface area is 140 Å². The van der Waals surface area contributed by atoms with Gasteiger partial charge in [0.2, 0.25) is 0 Å². The molecule has 2 heterocycles. The topological polar surface area (TPSA) is 58.6 Å². The molecule has 0 radical (unpaired) electrons. The van der Waals surface area contributed by atoms with Crippen LogP contribution in [0, 0.1) is 0 Å². The van der Waals surface area contributed by atoms with Crippen LogP contribution < -0.4 is 5.32 Å². The number of Topliss-reactive ketones (excluding diaryl/α,β-unsaturated/α-hetero) is 1. The van der Waals surface area contributed by atoms with Crippen molar-refractivity contribution in [2.45, 2.75) is 5.54 Å². The van der Waals surface area contributed by atoms with Gasteiger partial charge in [0.25, 0.3) is 5.91 Å². The molecule has 4 rings (SSSR count). The molecule has 2 aliphatic rings. The third-order valence-electron chi connectivity index (χ3n) is 4.75. The first-order chi connectivity index (χ1) is 11.7. The molecule has 2 aromatic rings. The van der Waals surface area contributed by atoms with Gasteiger partial charge in [-0.05, 0) is 17.7 Å². The average molecular weight is 322 g/mol. The van der Waals surface area contributed by atoms with Gasteiger partial charge < -0.3 is 10.1 Å². The summed E-state index contributed by atoms with van der Waals surface area (Å²) in [6.07, 6.45) is 0. The Bertz CT molecular complexity index is 784. The van der Waals surface area contributed by atoms with E-state index in [9.17, 15) is 9.59 Å². The second-order valence-electron chi connectivity index (χ2n) is 6.00. The lowest BCUT2D eigenvalue weighted by Gasteiger charge is -2.45. The lowest BCUT2D eigenvalue weighted by Crippen LogP contribution is -2.63. The fourth-order valence-corrected chi connectivity index (χ4v) is 3.61. The molecule has 5 heteroatoms. The van der Waals surface area contributed by atoms with Gasteiger partial charge in [0.15, 0.2) is 11.3 Å². The molecule has 1 saturated heterocycles. The lowest BCUT2D eigenvalue weighted by molar-refractivity contribution is -0.129. The third kappa shape index (κ3) is 2.09. The van der Waals surface area contributed by atoms with Crippen molar-refractivity contribution in [1.29, 1.82) is 0 Å². The fraction of sp³-hybridized carbons (Fsp3) is 0.263. The van der Waals surface area contributed by atoms with Crippen LogP contribution in [0.4, 0.5) is 5.69 Å². The number of hydrogen-bond acceptors (Lipinski definition) is 4. The van der Waals surface area contributed by atoms with Crippen LogP contribution in [-0.4, -0.2) is 42.9 Å². The predicted molar refractivity (Wildman–Crippen MR) is 89.9 cm³/mol. The highest BCUT2D eigenvalue weighted by Crippen LogP contribution is 2.39. The lowest BCUT2D eigenvalue weighted by atomic mass is 9.77. The highest BCUT2D eigenvalue weighted by atomic mass is 16.5. The summed E-state index contributed by atoms with van der Waals surface area (Å²) in [7, 11) is 0. The van der Waals surface area contributed by atoms with Crippen molar-refractivity contribution in [3.05, 3.63) is 65.7 Å². The number of hydrogen-bond donors (Lipinski definition) is 1. The van der Waals surface area contributed by atoms with E-state index in [0.29, 0.717) is 43.1 Å². The van der Waals surface area contributed by atoms with Gasteiger partial charge in [0.1, 0.15) is 0 Å². The van der Waals surface area contributed by atoms with E-state index in [-0.39, 0.29) is 11.7 Å². The van der Waals surface area contributed by atoms with Crippen molar-refractivity contribution in [3.63, 3.8) is 0 Å². The maximum atomic E-state index is 13.5. The highest BCUT2D eigenvalue weighted by molar-refractivity contribution is 6.27. The second kappa shape index (κ2) is 5.85. The first kappa shape index (κ1) is 15.1. The Morgan fingerprint density at radius 2 is 1.58 bits per heavy atom. The summed E-state index contributed by atoms with van der Waals surface area (Å²) in [6, 6.07) is 16.5. The molecule has 1 fully saturated rings. The Hall–Kier alpha value is -2.50. The standard InChI is InChI=1S/C19H18N2O3/c22-17-15-8-4-5-9-16(15)20-18(23)19(17,14-6-2-1-3-7-14)21-10-12-24-13-11-21/h1-9H,10-13H2,(H,20,23). The number of benzene rings is 2. The number of nitrogens with one attached hydrogen (secondary N) is 1. The van der Waals surface area contributed by atoms with Gasteiger partial charge >= 0.3 is 0 Å². The van der Waals surface area contributed by atoms with Crippen LogP contribution >= 0.6 is 0 Å². The smallest absolute Gasteiger partial charge is 0.257 e. The first-order valence-electron chi connectivity index (χ1n) is 8.08. The van der Waals surface area contributed by atoms with E-state index < -0.39 is 5.54 Å². The molecule has 1 unspecified atom stereocenters. The van der Waals surface area contributed by atoms with Crippen LogP contribution in [0.1, 0.15) is 15.9 Å². The van der Waals surface area contributed by atoms with Crippen LogP contribution in [0.25, 0.3) is 0 Å². The van der Waals surface area contributed by atoms with Gasteiger partial charge in [-0.3, -0.25) is 14.5 Å². The zero-order valence-electron chi connectivity index (χ0n) is 13.2. The summed E-state index contributed by atoms with van der Waals surface area (Å²) >= 11 is 0. The number of amides is 1. The molecule has 0 aromatic heterocycles. The quantitative estimate of drug-likeness (QED) is 0.860. The van der Waals surface area contributed by atoms with E-state index in [0.717, 1.165) is 0 Å². The Balaban J connectivity index is 1.93. The minimum absolute atomic E-state index is 0.171. The number of morpholine rings is 1. The molecule has 0 saturated carbocycles. The van der Waals surface area contributed by atoms with Crippen molar-refractivity contribution >= 4 is 17.4 Å². The monoisotopic (exact) mass is 322 g/mol. The zero-order valence-corrected chi connectivity index (χ0v) is 13.2. The summed E-state index contributed by atoms with van der Waals surface area (Å²) in [6.45, 7) is 2.10. The summed E-state index contributed by atoms with van der Waals surface area (Å²) < 4.78 is 5.43. The minimum Gasteiger partial charge on any atom is -0.379 e. The molecule has 24 heavy (non-hydrogen) atoms. The number of rotatable bonds is 2. The Kier molecular flexibility index (Phi) is 3.67. The minimum atomic E-state index is -1.33. The van der Waals surface area contributed by atoms with Crippen molar-refractivity contribution in [1.82, 2.24) is 4.90 Å². The summed E-state index contributed by atoms with van der Waals surface area (Å²) in [5.41, 5.74) is 0.489. The Morgan fingerprint density at radius 3 is 2.33 bits per heavy atom. The maximum Gasteiger partial charge on any atom is 0.257 e. The second-order valence-corrected chi connectivity index (χ2v) is 6.00. The number of nitrogens with zero attached hydrogens (tertiary/aromatic N) is 1. The molecule has 0 spiro atoms. The summed E-state index contributed by atoms with van der Waals surface area (Å²) in [5, 5.41) is 2.93. The normalized spacial score (nSPS) is 24.3. The van der Waals surface area contributed by atoms with Crippen LogP contribution in [-0.2, 0) is 15.1 Å². The van der Waals surface area contributed by atoms with E-state index in [1.54, 1.807) is 12.1 Å². The molecular formula is C19H18N2O3. The molecule has 1 amide bonds. The molecule has 122 valence electrons. The maximum absolute atomic E-state index is 13.5. The third-order valence-corrected chi connectivity index (χ3v) is 4.75. The van der Waals surface area contributed by atoms with Crippen LogP contribution in [0.5, 0.6) is 0 Å². The van der Waals surface area contributed by atoms with E-state index in [1.165, 1.54) is 0 Å². The molecule has 1 N–H and O–H groups in total. The summed E-state index contributed by atoms with van der Waals surface area (Å²) in [5.74, 6) is -0.464. The van der Waals surface area contributed by atoms with E-state index in [1.807, 2.05) is 47.4 Å². The highest BCUT2D eigenvalue weighted by Gasteiger charge is 2.55. The number of carbonyl (C=O) groups is 2. The average Bonchev–Trinajstić information content (AvgIpc) is 2.64. The number of ketones is 1. The largest absolute Gasteiger partial charge is 0.379 e. The predicted octanol–water partition coefficient (Wildman–Crippen LogP) is 2.05. The van der Waals surface area contributed by atoms with Gasteiger partial charge in [-0.15, -0.1) is 0 Å². The van der Waals surface area contributed by atoms with Crippen LogP contribution in [0.3, 0.4) is 0 Å². The van der Waals surface area contributed by atoms with Gasteiger partial charge in [0.05, 0.1) is 18.9 Å². The van der Waals surface area contributed by atoms with Crippen molar-refractivity contribution in [2.75, 3.05) is 31.6 Å². The Morgan fingerprint density at radius 1 is 0.917 bits per heavy atom. The molecule has 0 aliphatic carbocycles. The summed E-state index contributed by atoms with van der Waals surface area (Å²) in [4.78, 5) is 28.6. The molecule has 2 aliphatic heterocycles. The van der Waals surface area contributed by atoms with E-state index >= 15 is 0 Å². The van der Waals surface area contributed by atoms with Gasteiger partial charge in [-0.1, -0.05) is 42.5 Å². The number of fused-ring (bicyclic) bond motifs is 1. The molecule has 2 aromatic carbocycles. The van der Waals surface area contributed by atoms with E-state index in [2.05, 4.69) is 5.32 Å². The zero-order chi connectivity index (χ0) is 16.6. The van der Waals surface area contributed by atoms with Gasteiger partial charge in [-0.25, -0.2) is 0 Å². The van der Waals surface area contributed by atoms with Crippen LogP contribution in [0.15, 0.2) is 54.6 Å². The van der Waals surface area contributed by atoms with Gasteiger partial charge in [0, 0.05) is 18.7 Å². The number of carbonyl (C=O) groups excluding carboxylic acids is 2. The number of ether oxygens (including phenoxy) is 1. The SMILES string of the molecule is O=C1Nc2ccccc2C(=O)C1(c1ccccc1)N1CCOCC1. The molecular weight excluding hydrogens is 304 g/mol. The first-order valence-corrected chi connectivity index (χ1v) is 8.08. The van der Waals surface area contributed by atoms with Crippen molar-refractivity contribution in [2.24, 2.45) is 0 Å². The van der Waals surface area contributed by atoms with Crippen LogP contribution in [0.2, 0.25) is 0 Å².